The Morgan fingerprint density at radius 2 is 1.88 bits per heavy atom. The third-order valence-electron chi connectivity index (χ3n) is 5.14. The van der Waals surface area contributed by atoms with Crippen molar-refractivity contribution < 1.29 is 9.59 Å². The van der Waals surface area contributed by atoms with Crippen LogP contribution in [0.2, 0.25) is 0 Å². The lowest BCUT2D eigenvalue weighted by Gasteiger charge is -2.33. The normalized spacial score (nSPS) is 21.0. The second kappa shape index (κ2) is 6.70. The van der Waals surface area contributed by atoms with Crippen LogP contribution in [0.5, 0.6) is 0 Å². The topological polar surface area (TPSA) is 67.2 Å². The number of rotatable bonds is 4. The highest BCUT2D eigenvalue weighted by Crippen LogP contribution is 2.31. The molecule has 1 saturated heterocycles. The van der Waals surface area contributed by atoms with Gasteiger partial charge in [-0.15, -0.1) is 0 Å². The van der Waals surface area contributed by atoms with Gasteiger partial charge < -0.3 is 10.2 Å². The average Bonchev–Trinajstić information content (AvgIpc) is 3.05. The fourth-order valence-corrected chi connectivity index (χ4v) is 3.52. The quantitative estimate of drug-likeness (QED) is 0.931. The van der Waals surface area contributed by atoms with E-state index in [1.165, 1.54) is 6.42 Å². The smallest absolute Gasteiger partial charge is 0.270 e. The van der Waals surface area contributed by atoms with Crippen molar-refractivity contribution in [2.45, 2.75) is 44.2 Å². The van der Waals surface area contributed by atoms with Gasteiger partial charge in [-0.25, -0.2) is 0 Å². The van der Waals surface area contributed by atoms with Crippen molar-refractivity contribution >= 4 is 17.5 Å². The zero-order valence-electron chi connectivity index (χ0n) is 14.1. The summed E-state index contributed by atoms with van der Waals surface area (Å²) in [4.78, 5) is 27.3. The van der Waals surface area contributed by atoms with E-state index in [1.807, 2.05) is 30.3 Å². The third-order valence-corrected chi connectivity index (χ3v) is 5.14. The van der Waals surface area contributed by atoms with Crippen LogP contribution in [0.1, 0.15) is 48.6 Å². The van der Waals surface area contributed by atoms with Crippen molar-refractivity contribution in [1.29, 1.82) is 0 Å². The van der Waals surface area contributed by atoms with Crippen LogP contribution in [-0.2, 0) is 4.79 Å². The van der Waals surface area contributed by atoms with Gasteiger partial charge in [0.15, 0.2) is 0 Å². The highest BCUT2D eigenvalue weighted by Gasteiger charge is 2.32. The second-order valence-electron chi connectivity index (χ2n) is 6.74. The fraction of sp³-hybridized carbons (Fsp3) is 0.421. The van der Waals surface area contributed by atoms with E-state index in [0.29, 0.717) is 24.7 Å². The summed E-state index contributed by atoms with van der Waals surface area (Å²) >= 11 is 0. The second-order valence-corrected chi connectivity index (χ2v) is 6.74. The molecular formula is C19H22N4O2. The first-order chi connectivity index (χ1) is 12.2. The first-order valence-electron chi connectivity index (χ1n) is 8.95. The van der Waals surface area contributed by atoms with Gasteiger partial charge >= 0.3 is 0 Å². The van der Waals surface area contributed by atoms with Gasteiger partial charge in [0, 0.05) is 18.4 Å². The minimum absolute atomic E-state index is 0.0412. The van der Waals surface area contributed by atoms with E-state index in [1.54, 1.807) is 21.8 Å². The maximum atomic E-state index is 12.8. The van der Waals surface area contributed by atoms with Crippen LogP contribution in [0.4, 0.5) is 5.69 Å². The average molecular weight is 338 g/mol. The minimum atomic E-state index is -0.480. The summed E-state index contributed by atoms with van der Waals surface area (Å²) in [6.45, 7) is 0.690. The van der Waals surface area contributed by atoms with Crippen LogP contribution in [0, 0.1) is 0 Å². The van der Waals surface area contributed by atoms with Crippen molar-refractivity contribution in [3.05, 3.63) is 48.3 Å². The summed E-state index contributed by atoms with van der Waals surface area (Å²) in [7, 11) is 0. The number of nitrogens with zero attached hydrogens (tertiary/aromatic N) is 3. The standard InChI is InChI=1S/C19H22N4O2/c24-18(17-11-12-20-23(17)15-8-4-9-15)21-16-10-5-13-22(19(16)25)14-6-2-1-3-7-14/h1-3,6-7,11-12,15-16H,4-5,8-10,13H2,(H,21,24). The molecule has 6 nitrogen and oxygen atoms in total. The largest absolute Gasteiger partial charge is 0.339 e. The molecule has 4 rings (SSSR count). The Morgan fingerprint density at radius 1 is 1.08 bits per heavy atom. The lowest BCUT2D eigenvalue weighted by molar-refractivity contribution is -0.121. The Kier molecular flexibility index (Phi) is 4.26. The van der Waals surface area contributed by atoms with Crippen LogP contribution < -0.4 is 10.2 Å². The maximum absolute atomic E-state index is 12.8. The van der Waals surface area contributed by atoms with Crippen LogP contribution >= 0.6 is 0 Å². The minimum Gasteiger partial charge on any atom is -0.339 e. The molecule has 2 fully saturated rings. The number of nitrogens with one attached hydrogen (secondary N) is 1. The molecule has 1 unspecified atom stereocenters. The van der Waals surface area contributed by atoms with Crippen molar-refractivity contribution in [3.8, 4) is 0 Å². The number of hydrogen-bond acceptors (Lipinski definition) is 3. The monoisotopic (exact) mass is 338 g/mol. The molecule has 1 aromatic heterocycles. The molecule has 2 aliphatic rings. The van der Waals surface area contributed by atoms with Crippen molar-refractivity contribution in [2.24, 2.45) is 0 Å². The molecule has 0 bridgehead atoms. The molecule has 1 aliphatic heterocycles. The zero-order chi connectivity index (χ0) is 17.2. The maximum Gasteiger partial charge on any atom is 0.270 e. The highest BCUT2D eigenvalue weighted by molar-refractivity contribution is 6.02. The van der Waals surface area contributed by atoms with Gasteiger partial charge in [-0.3, -0.25) is 14.3 Å². The van der Waals surface area contributed by atoms with Gasteiger partial charge in [0.1, 0.15) is 11.7 Å². The van der Waals surface area contributed by atoms with E-state index < -0.39 is 6.04 Å². The molecule has 25 heavy (non-hydrogen) atoms. The van der Waals surface area contributed by atoms with E-state index in [9.17, 15) is 9.59 Å². The number of hydrogen-bond donors (Lipinski definition) is 1. The number of carbonyl (C=O) groups is 2. The van der Waals surface area contributed by atoms with Gasteiger partial charge in [0.2, 0.25) is 5.91 Å². The van der Waals surface area contributed by atoms with Crippen molar-refractivity contribution in [2.75, 3.05) is 11.4 Å². The van der Waals surface area contributed by atoms with Gasteiger partial charge in [0.05, 0.1) is 6.04 Å². The van der Waals surface area contributed by atoms with Crippen molar-refractivity contribution in [3.63, 3.8) is 0 Å². The summed E-state index contributed by atoms with van der Waals surface area (Å²) in [5, 5.41) is 7.22. The Hall–Kier alpha value is -2.63. The molecule has 2 aromatic rings. The number of amides is 2. The molecule has 1 atom stereocenters. The van der Waals surface area contributed by atoms with E-state index >= 15 is 0 Å². The zero-order valence-corrected chi connectivity index (χ0v) is 14.1. The molecule has 130 valence electrons. The molecule has 0 spiro atoms. The van der Waals surface area contributed by atoms with Crippen LogP contribution in [0.15, 0.2) is 42.6 Å². The van der Waals surface area contributed by atoms with Crippen LogP contribution in [-0.4, -0.2) is 34.2 Å². The van der Waals surface area contributed by atoms with Gasteiger partial charge in [0.25, 0.3) is 5.91 Å². The van der Waals surface area contributed by atoms with Gasteiger partial charge in [-0.2, -0.15) is 5.10 Å². The molecule has 2 amide bonds. The Labute approximate surface area is 146 Å². The lowest BCUT2D eigenvalue weighted by atomic mass is 9.93. The number of para-hydroxylation sites is 1. The first-order valence-corrected chi connectivity index (χ1v) is 8.95. The summed E-state index contributed by atoms with van der Waals surface area (Å²) in [5.74, 6) is -0.252. The molecule has 6 heteroatoms. The highest BCUT2D eigenvalue weighted by atomic mass is 16.2. The molecule has 1 aromatic carbocycles. The van der Waals surface area contributed by atoms with E-state index in [-0.39, 0.29) is 11.8 Å². The Morgan fingerprint density at radius 3 is 2.60 bits per heavy atom. The predicted octanol–water partition coefficient (Wildman–Crippen LogP) is 2.53. The number of benzene rings is 1. The molecule has 2 heterocycles. The first kappa shape index (κ1) is 15.9. The summed E-state index contributed by atoms with van der Waals surface area (Å²) in [6.07, 6.45) is 6.50. The van der Waals surface area contributed by atoms with Gasteiger partial charge in [-0.05, 0) is 50.3 Å². The molecule has 0 radical (unpaired) electrons. The molecular weight excluding hydrogens is 316 g/mol. The number of aromatic nitrogens is 2. The number of piperidine rings is 1. The molecule has 1 N–H and O–H groups in total. The molecule has 1 saturated carbocycles. The number of anilines is 1. The van der Waals surface area contributed by atoms with E-state index in [0.717, 1.165) is 24.9 Å². The number of carbonyl (C=O) groups excluding carboxylic acids is 2. The predicted molar refractivity (Wildman–Crippen MR) is 94.4 cm³/mol. The SMILES string of the molecule is O=C(NC1CCCN(c2ccccc2)C1=O)c1ccnn1C1CCC1. The van der Waals surface area contributed by atoms with E-state index in [2.05, 4.69) is 10.4 Å². The van der Waals surface area contributed by atoms with Gasteiger partial charge in [-0.1, -0.05) is 18.2 Å². The summed E-state index contributed by atoms with van der Waals surface area (Å²) in [6, 6.07) is 11.2. The molecule has 1 aliphatic carbocycles. The van der Waals surface area contributed by atoms with Crippen molar-refractivity contribution in [1.82, 2.24) is 15.1 Å². The summed E-state index contributed by atoms with van der Waals surface area (Å²) in [5.41, 5.74) is 1.43. The Bertz CT molecular complexity index is 767. The summed E-state index contributed by atoms with van der Waals surface area (Å²) < 4.78 is 1.81. The lowest BCUT2D eigenvalue weighted by Crippen LogP contribution is -2.52. The van der Waals surface area contributed by atoms with Crippen LogP contribution in [0.25, 0.3) is 0 Å². The van der Waals surface area contributed by atoms with Crippen LogP contribution in [0.3, 0.4) is 0 Å². The van der Waals surface area contributed by atoms with E-state index in [4.69, 9.17) is 0 Å². The Balaban J connectivity index is 1.47. The third kappa shape index (κ3) is 3.04. The fourth-order valence-electron chi connectivity index (χ4n) is 3.52.